The molecular weight excluding hydrogens is 66.0 g/mol. The average molecular weight is 70.0 g/mol. The molecule has 0 aromatic rings. The van der Waals surface area contributed by atoms with Crippen molar-refractivity contribution >= 4 is 0 Å². The van der Waals surface area contributed by atoms with E-state index in [0.29, 0.717) is 0 Å². The van der Waals surface area contributed by atoms with Crippen LogP contribution in [0.1, 0.15) is 0 Å². The zero-order chi connectivity index (χ0) is 2.71. The van der Waals surface area contributed by atoms with Crippen LogP contribution in [0, 0.1) is 0 Å². The van der Waals surface area contributed by atoms with E-state index in [1.54, 1.807) is 0 Å². The van der Waals surface area contributed by atoms with E-state index in [2.05, 4.69) is 4.94 Å². The molecule has 0 radical (unpaired) electrons. The van der Waals surface area contributed by atoms with Crippen molar-refractivity contribution in [2.24, 2.45) is 0 Å². The Morgan fingerprint density at radius 2 is 1.75 bits per heavy atom. The zero-order valence-corrected chi connectivity index (χ0v) is 2.19. The molecule has 0 fully saturated rings. The van der Waals surface area contributed by atoms with Crippen molar-refractivity contribution in [1.82, 2.24) is 0 Å². The van der Waals surface area contributed by atoms with Crippen molar-refractivity contribution in [3.8, 4) is 0 Å². The lowest BCUT2D eigenvalue weighted by molar-refractivity contribution is -0.0960. The van der Waals surface area contributed by atoms with Crippen LogP contribution in [0.4, 0.5) is 9.23 Å². The lowest BCUT2D eigenvalue weighted by Crippen LogP contribution is -1.43. The Morgan fingerprint density at radius 3 is 1.75 bits per heavy atom. The molecule has 0 saturated heterocycles. The van der Waals surface area contributed by atoms with E-state index in [0.717, 1.165) is 7.11 Å². The minimum absolute atomic E-state index is 0. The second kappa shape index (κ2) is 13.9. The highest BCUT2D eigenvalue weighted by Gasteiger charge is 1.33. The molecule has 0 aromatic carbocycles. The van der Waals surface area contributed by atoms with Crippen LogP contribution in [-0.2, 0) is 4.94 Å². The van der Waals surface area contributed by atoms with E-state index in [9.17, 15) is 4.53 Å². The smallest absolute Gasteiger partial charge is 0.0766 e. The van der Waals surface area contributed by atoms with Gasteiger partial charge in [-0.1, -0.05) is 0 Å². The maximum atomic E-state index is 9.79. The van der Waals surface area contributed by atoms with E-state index >= 15 is 0 Å². The fourth-order valence-corrected chi connectivity index (χ4v) is 0. The van der Waals surface area contributed by atoms with Crippen molar-refractivity contribution < 1.29 is 14.2 Å². The molecule has 0 aliphatic rings. The van der Waals surface area contributed by atoms with Gasteiger partial charge in [0.25, 0.3) is 0 Å². The van der Waals surface area contributed by atoms with Gasteiger partial charge in [0.15, 0.2) is 0 Å². The normalized spacial score (nSPS) is 4.50. The Kier molecular flexibility index (Phi) is 31.9. The van der Waals surface area contributed by atoms with Gasteiger partial charge in [-0.15, -0.1) is 0 Å². The third-order valence-corrected chi connectivity index (χ3v) is 0. The Balaban J connectivity index is 0. The third kappa shape index (κ3) is 37.8. The van der Waals surface area contributed by atoms with E-state index in [1.165, 1.54) is 0 Å². The van der Waals surface area contributed by atoms with E-state index in [4.69, 9.17) is 0 Å². The van der Waals surface area contributed by atoms with Crippen molar-refractivity contribution in [2.45, 2.75) is 0 Å². The van der Waals surface area contributed by atoms with E-state index in [1.807, 2.05) is 0 Å². The molecule has 28 valence electrons. The molecule has 1 nitrogen and oxygen atoms in total. The molecular formula is CH4F2O. The molecule has 0 aliphatic carbocycles. The summed E-state index contributed by atoms with van der Waals surface area (Å²) >= 11 is 0. The van der Waals surface area contributed by atoms with Crippen LogP contribution in [0.25, 0.3) is 0 Å². The van der Waals surface area contributed by atoms with Crippen LogP contribution in [0.2, 0.25) is 0 Å². The Labute approximate surface area is 22.6 Å². The summed E-state index contributed by atoms with van der Waals surface area (Å²) in [5.41, 5.74) is 0. The molecule has 0 spiro atoms. The van der Waals surface area contributed by atoms with Gasteiger partial charge < -0.3 is 0 Å². The molecule has 0 heterocycles. The van der Waals surface area contributed by atoms with Crippen LogP contribution >= 0.6 is 0 Å². The van der Waals surface area contributed by atoms with Gasteiger partial charge in [-0.2, -0.15) is 4.94 Å². The first-order chi connectivity index (χ1) is 1.41. The minimum atomic E-state index is 0. The summed E-state index contributed by atoms with van der Waals surface area (Å²) in [5, 5.41) is 0. The molecule has 3 heteroatoms. The lowest BCUT2D eigenvalue weighted by atomic mass is 11.8. The largest absolute Gasteiger partial charge is 0.269 e. The highest BCUT2D eigenvalue weighted by Crippen LogP contribution is 1.48. The SMILES string of the molecule is COF.F. The highest BCUT2D eigenvalue weighted by atomic mass is 19.3. The summed E-state index contributed by atoms with van der Waals surface area (Å²) in [4.78, 5) is 2.75. The van der Waals surface area contributed by atoms with Gasteiger partial charge >= 0.3 is 0 Å². The highest BCUT2D eigenvalue weighted by molar-refractivity contribution is 3.32. The van der Waals surface area contributed by atoms with Gasteiger partial charge in [-0.3, -0.25) is 4.70 Å². The minimum Gasteiger partial charge on any atom is -0.269 e. The lowest BCUT2D eigenvalue weighted by Gasteiger charge is -1.51. The first-order valence-corrected chi connectivity index (χ1v) is 0.563. The second-order valence-corrected chi connectivity index (χ2v) is 0.154. The molecule has 0 unspecified atom stereocenters. The van der Waals surface area contributed by atoms with Crippen molar-refractivity contribution in [1.29, 1.82) is 0 Å². The molecule has 0 aromatic heterocycles. The molecule has 0 bridgehead atoms. The molecule has 0 rings (SSSR count). The summed E-state index contributed by atoms with van der Waals surface area (Å²) in [6.07, 6.45) is 0. The topological polar surface area (TPSA) is 9.23 Å². The fraction of sp³-hybridized carbons (Fsp3) is 1.00. The summed E-state index contributed by atoms with van der Waals surface area (Å²) in [5.74, 6) is 0. The molecule has 0 atom stereocenters. The predicted octanol–water partition coefficient (Wildman–Crippen LogP) is 0.670. The van der Waals surface area contributed by atoms with Gasteiger partial charge in [0.2, 0.25) is 0 Å². The summed E-state index contributed by atoms with van der Waals surface area (Å²) in [7, 11) is 0.958. The second-order valence-electron chi connectivity index (χ2n) is 0.154. The maximum Gasteiger partial charge on any atom is 0.0766 e. The number of rotatable bonds is 0. The monoisotopic (exact) mass is 70.0 g/mol. The molecule has 0 aliphatic heterocycles. The summed E-state index contributed by atoms with van der Waals surface area (Å²) in [6, 6.07) is 0. The molecule has 0 amide bonds. The Bertz CT molecular complexity index is 6.00. The third-order valence-electron chi connectivity index (χ3n) is 0. The quantitative estimate of drug-likeness (QED) is 0.407. The van der Waals surface area contributed by atoms with E-state index < -0.39 is 0 Å². The van der Waals surface area contributed by atoms with Crippen LogP contribution in [0.15, 0.2) is 0 Å². The maximum absolute atomic E-state index is 9.79. The predicted molar refractivity (Wildman–Crippen MR) is 10.6 cm³/mol. The zero-order valence-electron chi connectivity index (χ0n) is 2.19. The van der Waals surface area contributed by atoms with Gasteiger partial charge in [-0.25, -0.2) is 0 Å². The Hall–Kier alpha value is -0.180. The van der Waals surface area contributed by atoms with Gasteiger partial charge in [-0.05, 0) is 4.53 Å². The Morgan fingerprint density at radius 1 is 1.75 bits per heavy atom. The first-order valence-electron chi connectivity index (χ1n) is 0.563. The van der Waals surface area contributed by atoms with Crippen LogP contribution in [0.5, 0.6) is 0 Å². The van der Waals surface area contributed by atoms with Crippen molar-refractivity contribution in [2.75, 3.05) is 7.11 Å². The van der Waals surface area contributed by atoms with Crippen LogP contribution in [0.3, 0.4) is 0 Å². The van der Waals surface area contributed by atoms with Crippen LogP contribution in [-0.4, -0.2) is 7.11 Å². The van der Waals surface area contributed by atoms with Crippen LogP contribution < -0.4 is 0 Å². The standard InChI is InChI=1S/CH3FO.FH/c1-3-2;/h1H3;1H. The first kappa shape index (κ1) is 9.17. The van der Waals surface area contributed by atoms with E-state index in [-0.39, 0.29) is 4.70 Å². The number of halogens is 2. The van der Waals surface area contributed by atoms with Crippen molar-refractivity contribution in [3.05, 3.63) is 0 Å². The number of hydrogen-bond acceptors (Lipinski definition) is 1. The summed E-state index contributed by atoms with van der Waals surface area (Å²) in [6.45, 7) is 0. The fourth-order valence-electron chi connectivity index (χ4n) is 0. The average Bonchev–Trinajstić information content (AvgIpc) is 0.918. The summed E-state index contributed by atoms with van der Waals surface area (Å²) < 4.78 is 9.79. The van der Waals surface area contributed by atoms with Gasteiger partial charge in [0.05, 0.1) is 7.11 Å². The number of hydrogen-bond donors (Lipinski definition) is 0. The molecule has 0 saturated carbocycles. The van der Waals surface area contributed by atoms with Gasteiger partial charge in [0.1, 0.15) is 0 Å². The molecule has 4 heavy (non-hydrogen) atoms. The van der Waals surface area contributed by atoms with Crippen molar-refractivity contribution in [3.63, 3.8) is 0 Å². The van der Waals surface area contributed by atoms with Gasteiger partial charge in [0, 0.05) is 0 Å². The molecule has 0 N–H and O–H groups in total.